The minimum atomic E-state index is -0.476. The lowest BCUT2D eigenvalue weighted by atomic mass is 10.2. The van der Waals surface area contributed by atoms with E-state index in [0.29, 0.717) is 17.9 Å². The minimum Gasteiger partial charge on any atom is -0.508 e. The van der Waals surface area contributed by atoms with Crippen LogP contribution in [-0.2, 0) is 16.1 Å². The third kappa shape index (κ3) is 3.78. The highest BCUT2D eigenvalue weighted by molar-refractivity contribution is 5.71. The van der Waals surface area contributed by atoms with E-state index in [-0.39, 0.29) is 19.0 Å². The van der Waals surface area contributed by atoms with E-state index in [9.17, 15) is 9.90 Å². The minimum absolute atomic E-state index is 0.0228. The summed E-state index contributed by atoms with van der Waals surface area (Å²) in [7, 11) is 0. The van der Waals surface area contributed by atoms with Gasteiger partial charge in [0.05, 0.1) is 13.2 Å². The Morgan fingerprint density at radius 2 is 2.12 bits per heavy atom. The normalized spacial score (nSPS) is 9.88. The zero-order chi connectivity index (χ0) is 12.0. The number of aromatic hydroxyl groups is 1. The summed E-state index contributed by atoms with van der Waals surface area (Å²) in [6.07, 6.45) is 0. The van der Waals surface area contributed by atoms with Crippen LogP contribution >= 0.6 is 0 Å². The Bertz CT molecular complexity index is 361. The van der Waals surface area contributed by atoms with E-state index < -0.39 is 5.97 Å². The summed E-state index contributed by atoms with van der Waals surface area (Å²) in [5, 5.41) is 18.2. The van der Waals surface area contributed by atoms with Gasteiger partial charge >= 0.3 is 5.97 Å². The number of phenolic OH excluding ortho intramolecular Hbond substituents is 1. The molecule has 1 aromatic rings. The monoisotopic (exact) mass is 226 g/mol. The number of esters is 1. The molecule has 0 aliphatic heterocycles. The Labute approximate surface area is 93.2 Å². The highest BCUT2D eigenvalue weighted by Crippen LogP contribution is 2.21. The lowest BCUT2D eigenvalue weighted by molar-refractivity contribution is -0.145. The van der Waals surface area contributed by atoms with Crippen LogP contribution < -0.4 is 4.74 Å². The SMILES string of the molecule is CCOC(=O)COc1cc(O)cc(CO)c1. The average molecular weight is 226 g/mol. The van der Waals surface area contributed by atoms with Gasteiger partial charge in [-0.05, 0) is 24.6 Å². The van der Waals surface area contributed by atoms with Crippen molar-refractivity contribution in [3.63, 3.8) is 0 Å². The molecule has 0 atom stereocenters. The van der Waals surface area contributed by atoms with E-state index in [2.05, 4.69) is 4.74 Å². The molecular weight excluding hydrogens is 212 g/mol. The second-order valence-corrected chi connectivity index (χ2v) is 3.09. The molecule has 5 heteroatoms. The first-order valence-electron chi connectivity index (χ1n) is 4.88. The molecule has 5 nitrogen and oxygen atoms in total. The standard InChI is InChI=1S/C11H14O5/c1-2-15-11(14)7-16-10-4-8(6-12)3-9(13)5-10/h3-5,12-13H,2,6-7H2,1H3. The van der Waals surface area contributed by atoms with Gasteiger partial charge in [-0.3, -0.25) is 0 Å². The first-order chi connectivity index (χ1) is 7.65. The van der Waals surface area contributed by atoms with Crippen molar-refractivity contribution in [3.05, 3.63) is 23.8 Å². The molecule has 0 bridgehead atoms. The Morgan fingerprint density at radius 3 is 2.75 bits per heavy atom. The van der Waals surface area contributed by atoms with Crippen LogP contribution in [0.15, 0.2) is 18.2 Å². The summed E-state index contributed by atoms with van der Waals surface area (Å²) in [6.45, 7) is 1.58. The third-order valence-electron chi connectivity index (χ3n) is 1.80. The molecule has 0 spiro atoms. The van der Waals surface area contributed by atoms with Crippen molar-refractivity contribution in [1.29, 1.82) is 0 Å². The number of rotatable bonds is 5. The molecule has 2 N–H and O–H groups in total. The topological polar surface area (TPSA) is 76.0 Å². The van der Waals surface area contributed by atoms with Crippen LogP contribution in [0.1, 0.15) is 12.5 Å². The van der Waals surface area contributed by atoms with E-state index in [4.69, 9.17) is 9.84 Å². The van der Waals surface area contributed by atoms with Gasteiger partial charge in [-0.2, -0.15) is 0 Å². The summed E-state index contributed by atoms with van der Waals surface area (Å²) in [6, 6.07) is 4.31. The predicted molar refractivity (Wildman–Crippen MR) is 56.2 cm³/mol. The highest BCUT2D eigenvalue weighted by atomic mass is 16.6. The molecule has 1 rings (SSSR count). The molecule has 0 radical (unpaired) electrons. The summed E-state index contributed by atoms with van der Waals surface area (Å²) in [5.41, 5.74) is 0.513. The number of carbonyl (C=O) groups excluding carboxylic acids is 1. The highest BCUT2D eigenvalue weighted by Gasteiger charge is 2.05. The van der Waals surface area contributed by atoms with Crippen LogP contribution in [0.25, 0.3) is 0 Å². The van der Waals surface area contributed by atoms with Gasteiger partial charge in [0.25, 0.3) is 0 Å². The van der Waals surface area contributed by atoms with Crippen molar-refractivity contribution in [2.45, 2.75) is 13.5 Å². The largest absolute Gasteiger partial charge is 0.508 e. The Kier molecular flexibility index (Phi) is 4.60. The van der Waals surface area contributed by atoms with Gasteiger partial charge in [0, 0.05) is 6.07 Å². The zero-order valence-corrected chi connectivity index (χ0v) is 8.97. The van der Waals surface area contributed by atoms with Crippen molar-refractivity contribution in [2.75, 3.05) is 13.2 Å². The number of carbonyl (C=O) groups is 1. The number of hydrogen-bond donors (Lipinski definition) is 2. The first-order valence-corrected chi connectivity index (χ1v) is 4.88. The maximum absolute atomic E-state index is 11.0. The van der Waals surface area contributed by atoms with Gasteiger partial charge < -0.3 is 19.7 Å². The maximum Gasteiger partial charge on any atom is 0.344 e. The Morgan fingerprint density at radius 1 is 1.38 bits per heavy atom. The summed E-state index contributed by atoms with van der Waals surface area (Å²) in [5.74, 6) is -0.182. The molecule has 0 fully saturated rings. The first kappa shape index (κ1) is 12.3. The molecular formula is C11H14O5. The molecule has 0 aliphatic rings. The van der Waals surface area contributed by atoms with Gasteiger partial charge in [0.2, 0.25) is 0 Å². The van der Waals surface area contributed by atoms with Crippen molar-refractivity contribution in [2.24, 2.45) is 0 Å². The van der Waals surface area contributed by atoms with Gasteiger partial charge in [-0.1, -0.05) is 0 Å². The van der Waals surface area contributed by atoms with E-state index in [0.717, 1.165) is 0 Å². The van der Waals surface area contributed by atoms with Crippen molar-refractivity contribution >= 4 is 5.97 Å². The van der Waals surface area contributed by atoms with Gasteiger partial charge in [0.15, 0.2) is 6.61 Å². The number of ether oxygens (including phenoxy) is 2. The molecule has 0 unspecified atom stereocenters. The van der Waals surface area contributed by atoms with Gasteiger partial charge in [-0.25, -0.2) is 4.79 Å². The Balaban J connectivity index is 2.59. The van der Waals surface area contributed by atoms with Crippen LogP contribution in [0.3, 0.4) is 0 Å². The molecule has 0 amide bonds. The van der Waals surface area contributed by atoms with Gasteiger partial charge in [-0.15, -0.1) is 0 Å². The third-order valence-corrected chi connectivity index (χ3v) is 1.80. The summed E-state index contributed by atoms with van der Waals surface area (Å²) < 4.78 is 9.77. The van der Waals surface area contributed by atoms with Crippen molar-refractivity contribution < 1.29 is 24.5 Å². The van der Waals surface area contributed by atoms with Crippen molar-refractivity contribution in [1.82, 2.24) is 0 Å². The quantitative estimate of drug-likeness (QED) is 0.727. The molecule has 1 aromatic carbocycles. The molecule has 88 valence electrons. The predicted octanol–water partition coefficient (Wildman–Crippen LogP) is 0.826. The maximum atomic E-state index is 11.0. The average Bonchev–Trinajstić information content (AvgIpc) is 2.26. The number of phenols is 1. The molecule has 0 saturated heterocycles. The Hall–Kier alpha value is -1.75. The number of aliphatic hydroxyl groups is 1. The van der Waals surface area contributed by atoms with Crippen LogP contribution in [0.5, 0.6) is 11.5 Å². The second-order valence-electron chi connectivity index (χ2n) is 3.09. The van der Waals surface area contributed by atoms with Gasteiger partial charge in [0.1, 0.15) is 11.5 Å². The van der Waals surface area contributed by atoms with E-state index in [1.165, 1.54) is 12.1 Å². The number of benzene rings is 1. The van der Waals surface area contributed by atoms with Crippen molar-refractivity contribution in [3.8, 4) is 11.5 Å². The lowest BCUT2D eigenvalue weighted by Gasteiger charge is -2.07. The van der Waals surface area contributed by atoms with Crippen LogP contribution in [0.2, 0.25) is 0 Å². The number of aliphatic hydroxyl groups excluding tert-OH is 1. The van der Waals surface area contributed by atoms with Crippen LogP contribution in [0, 0.1) is 0 Å². The smallest absolute Gasteiger partial charge is 0.344 e. The zero-order valence-electron chi connectivity index (χ0n) is 8.97. The van der Waals surface area contributed by atoms with E-state index in [1.807, 2.05) is 0 Å². The van der Waals surface area contributed by atoms with Crippen LogP contribution in [0.4, 0.5) is 0 Å². The molecule has 0 aromatic heterocycles. The fourth-order valence-corrected chi connectivity index (χ4v) is 1.16. The summed E-state index contributed by atoms with van der Waals surface area (Å²) in [4.78, 5) is 11.0. The molecule has 0 aliphatic carbocycles. The number of hydrogen-bond acceptors (Lipinski definition) is 5. The fourth-order valence-electron chi connectivity index (χ4n) is 1.16. The second kappa shape index (κ2) is 5.97. The van der Waals surface area contributed by atoms with E-state index >= 15 is 0 Å². The summed E-state index contributed by atoms with van der Waals surface area (Å²) >= 11 is 0. The lowest BCUT2D eigenvalue weighted by Crippen LogP contribution is -2.14. The molecule has 16 heavy (non-hydrogen) atoms. The van der Waals surface area contributed by atoms with E-state index in [1.54, 1.807) is 13.0 Å². The molecule has 0 saturated carbocycles. The fraction of sp³-hybridized carbons (Fsp3) is 0.364. The molecule has 0 heterocycles. The van der Waals surface area contributed by atoms with Crippen LogP contribution in [-0.4, -0.2) is 29.4 Å².